The van der Waals surface area contributed by atoms with Crippen molar-refractivity contribution in [1.29, 1.82) is 0 Å². The van der Waals surface area contributed by atoms with Crippen LogP contribution in [0.15, 0.2) is 60.7 Å². The minimum atomic E-state index is -1.19. The van der Waals surface area contributed by atoms with Crippen LogP contribution in [0.3, 0.4) is 0 Å². The van der Waals surface area contributed by atoms with Gasteiger partial charge in [0.05, 0.1) is 0 Å². The molecule has 0 radical (unpaired) electrons. The van der Waals surface area contributed by atoms with E-state index in [-0.39, 0.29) is 19.4 Å². The first-order chi connectivity index (χ1) is 18.0. The van der Waals surface area contributed by atoms with E-state index in [2.05, 4.69) is 16.0 Å². The normalized spacial score (nSPS) is 12.5. The van der Waals surface area contributed by atoms with Crippen molar-refractivity contribution in [3.05, 3.63) is 71.8 Å². The van der Waals surface area contributed by atoms with Crippen LogP contribution in [0.25, 0.3) is 0 Å². The Morgan fingerprint density at radius 3 is 2.00 bits per heavy atom. The van der Waals surface area contributed by atoms with Crippen molar-refractivity contribution in [1.82, 2.24) is 16.0 Å². The molecule has 0 aliphatic carbocycles. The number of rotatable bonds is 13. The molecule has 3 amide bonds. The lowest BCUT2D eigenvalue weighted by molar-refractivity contribution is -0.142. The zero-order chi connectivity index (χ0) is 28.0. The van der Waals surface area contributed by atoms with Crippen molar-refractivity contribution in [3.8, 4) is 0 Å². The van der Waals surface area contributed by atoms with Gasteiger partial charge in [0.25, 0.3) is 0 Å². The SMILES string of the molecule is CC(C)(C)OC(=O)NCCCC[C@H](NC(=O)OCc1ccccc1)C(=O)N[C@@H](Cc1ccccc1)C(=O)O. The Morgan fingerprint density at radius 1 is 0.816 bits per heavy atom. The maximum Gasteiger partial charge on any atom is 0.408 e. The van der Waals surface area contributed by atoms with Gasteiger partial charge in [0.15, 0.2) is 0 Å². The number of hydrogen-bond acceptors (Lipinski definition) is 6. The number of ether oxygens (including phenoxy) is 2. The fraction of sp³-hybridized carbons (Fsp3) is 0.429. The zero-order valence-corrected chi connectivity index (χ0v) is 22.1. The Bertz CT molecular complexity index is 1040. The van der Waals surface area contributed by atoms with E-state index in [1.54, 1.807) is 57.2 Å². The summed E-state index contributed by atoms with van der Waals surface area (Å²) in [6.45, 7) is 5.63. The van der Waals surface area contributed by atoms with Gasteiger partial charge >= 0.3 is 18.2 Å². The molecule has 0 heterocycles. The molecule has 0 unspecified atom stereocenters. The van der Waals surface area contributed by atoms with Gasteiger partial charge in [0.1, 0.15) is 24.3 Å². The van der Waals surface area contributed by atoms with Gasteiger partial charge < -0.3 is 30.5 Å². The summed E-state index contributed by atoms with van der Waals surface area (Å²) >= 11 is 0. The van der Waals surface area contributed by atoms with Crippen LogP contribution in [0.1, 0.15) is 51.2 Å². The fourth-order valence-corrected chi connectivity index (χ4v) is 3.48. The number of aliphatic carboxylic acids is 1. The van der Waals surface area contributed by atoms with Crippen molar-refractivity contribution in [2.45, 2.75) is 70.7 Å². The van der Waals surface area contributed by atoms with Gasteiger partial charge in [-0.05, 0) is 51.2 Å². The first-order valence-corrected chi connectivity index (χ1v) is 12.5. The quantitative estimate of drug-likeness (QED) is 0.290. The Morgan fingerprint density at radius 2 is 1.42 bits per heavy atom. The third kappa shape index (κ3) is 12.2. The predicted molar refractivity (Wildman–Crippen MR) is 141 cm³/mol. The topological polar surface area (TPSA) is 143 Å². The van der Waals surface area contributed by atoms with E-state index in [0.29, 0.717) is 19.4 Å². The zero-order valence-electron chi connectivity index (χ0n) is 22.1. The number of amides is 3. The minimum Gasteiger partial charge on any atom is -0.480 e. The second kappa shape index (κ2) is 15.2. The average Bonchev–Trinajstić information content (AvgIpc) is 2.86. The maximum absolute atomic E-state index is 13.1. The van der Waals surface area contributed by atoms with Gasteiger partial charge in [-0.3, -0.25) is 4.79 Å². The van der Waals surface area contributed by atoms with Gasteiger partial charge in [0, 0.05) is 13.0 Å². The maximum atomic E-state index is 13.1. The summed E-state index contributed by atoms with van der Waals surface area (Å²) in [5.41, 5.74) is 0.920. The molecule has 0 saturated heterocycles. The van der Waals surface area contributed by atoms with Crippen LogP contribution in [-0.2, 0) is 32.1 Å². The molecule has 2 rings (SSSR count). The van der Waals surface area contributed by atoms with Crippen LogP contribution in [0.4, 0.5) is 9.59 Å². The standard InChI is InChI=1S/C28H37N3O7/c1-28(2,3)38-26(35)29-17-11-10-16-22(31-27(36)37-19-21-14-8-5-9-15-21)24(32)30-23(25(33)34)18-20-12-6-4-7-13-20/h4-9,12-15,22-23H,10-11,16-19H2,1-3H3,(H,29,35)(H,30,32)(H,31,36)(H,33,34)/t22-,23-/m0/s1. The Hall–Kier alpha value is -4.08. The Labute approximate surface area is 223 Å². The summed E-state index contributed by atoms with van der Waals surface area (Å²) in [5, 5.41) is 17.4. The van der Waals surface area contributed by atoms with E-state index in [0.717, 1.165) is 11.1 Å². The average molecular weight is 528 g/mol. The molecule has 206 valence electrons. The van der Waals surface area contributed by atoms with Crippen LogP contribution in [0.5, 0.6) is 0 Å². The van der Waals surface area contributed by atoms with Crippen LogP contribution in [0, 0.1) is 0 Å². The van der Waals surface area contributed by atoms with E-state index in [4.69, 9.17) is 9.47 Å². The van der Waals surface area contributed by atoms with E-state index >= 15 is 0 Å². The second-order valence-corrected chi connectivity index (χ2v) is 9.77. The molecule has 10 nitrogen and oxygen atoms in total. The number of hydrogen-bond donors (Lipinski definition) is 4. The molecule has 0 aliphatic heterocycles. The van der Waals surface area contributed by atoms with Crippen molar-refractivity contribution in [2.24, 2.45) is 0 Å². The lowest BCUT2D eigenvalue weighted by atomic mass is 10.0. The number of carbonyl (C=O) groups excluding carboxylic acids is 3. The first kappa shape index (κ1) is 30.1. The highest BCUT2D eigenvalue weighted by molar-refractivity contribution is 5.89. The third-order valence-corrected chi connectivity index (χ3v) is 5.31. The van der Waals surface area contributed by atoms with E-state index < -0.39 is 41.7 Å². The minimum absolute atomic E-state index is 0.0204. The lowest BCUT2D eigenvalue weighted by Crippen LogP contribution is -2.52. The van der Waals surface area contributed by atoms with Gasteiger partial charge in [-0.2, -0.15) is 0 Å². The number of carboxylic acid groups (broad SMARTS) is 1. The molecular weight excluding hydrogens is 490 g/mol. The molecule has 0 aliphatic rings. The fourth-order valence-electron chi connectivity index (χ4n) is 3.48. The summed E-state index contributed by atoms with van der Waals surface area (Å²) in [5.74, 6) is -1.82. The third-order valence-electron chi connectivity index (χ3n) is 5.31. The van der Waals surface area contributed by atoms with Gasteiger partial charge in [-0.25, -0.2) is 14.4 Å². The number of benzene rings is 2. The lowest BCUT2D eigenvalue weighted by Gasteiger charge is -2.22. The van der Waals surface area contributed by atoms with Crippen molar-refractivity contribution >= 4 is 24.1 Å². The number of unbranched alkanes of at least 4 members (excludes halogenated alkanes) is 1. The Balaban J connectivity index is 1.96. The second-order valence-electron chi connectivity index (χ2n) is 9.77. The van der Waals surface area contributed by atoms with Gasteiger partial charge in [-0.1, -0.05) is 60.7 Å². The van der Waals surface area contributed by atoms with Crippen LogP contribution in [0.2, 0.25) is 0 Å². The molecule has 2 aromatic rings. The number of nitrogens with one attached hydrogen (secondary N) is 3. The van der Waals surface area contributed by atoms with Gasteiger partial charge in [-0.15, -0.1) is 0 Å². The molecule has 38 heavy (non-hydrogen) atoms. The van der Waals surface area contributed by atoms with Crippen LogP contribution in [-0.4, -0.2) is 53.4 Å². The van der Waals surface area contributed by atoms with E-state index in [1.165, 1.54) is 0 Å². The summed E-state index contributed by atoms with van der Waals surface area (Å²) in [6.07, 6.45) is -0.0675. The largest absolute Gasteiger partial charge is 0.480 e. The molecule has 2 atom stereocenters. The smallest absolute Gasteiger partial charge is 0.408 e. The number of carboxylic acids is 1. The van der Waals surface area contributed by atoms with E-state index in [1.807, 2.05) is 24.3 Å². The molecule has 0 bridgehead atoms. The predicted octanol–water partition coefficient (Wildman–Crippen LogP) is 3.79. The van der Waals surface area contributed by atoms with Crippen molar-refractivity contribution in [3.63, 3.8) is 0 Å². The monoisotopic (exact) mass is 527 g/mol. The van der Waals surface area contributed by atoms with Crippen LogP contribution < -0.4 is 16.0 Å². The summed E-state index contributed by atoms with van der Waals surface area (Å²) in [6, 6.07) is 15.8. The van der Waals surface area contributed by atoms with Crippen LogP contribution >= 0.6 is 0 Å². The van der Waals surface area contributed by atoms with Crippen molar-refractivity contribution in [2.75, 3.05) is 6.54 Å². The number of alkyl carbamates (subject to hydrolysis) is 2. The highest BCUT2D eigenvalue weighted by Crippen LogP contribution is 2.09. The molecule has 0 aromatic heterocycles. The number of carbonyl (C=O) groups is 4. The Kier molecular flexibility index (Phi) is 12.1. The summed E-state index contributed by atoms with van der Waals surface area (Å²) in [7, 11) is 0. The molecule has 2 aromatic carbocycles. The van der Waals surface area contributed by atoms with E-state index in [9.17, 15) is 24.3 Å². The summed E-state index contributed by atoms with van der Waals surface area (Å²) in [4.78, 5) is 49.1. The van der Waals surface area contributed by atoms with Crippen molar-refractivity contribution < 1.29 is 33.8 Å². The molecule has 0 spiro atoms. The molecular formula is C28H37N3O7. The first-order valence-electron chi connectivity index (χ1n) is 12.5. The molecule has 0 saturated carbocycles. The highest BCUT2D eigenvalue weighted by atomic mass is 16.6. The molecule has 10 heteroatoms. The highest BCUT2D eigenvalue weighted by Gasteiger charge is 2.27. The molecule has 4 N–H and O–H groups in total. The van der Waals surface area contributed by atoms with Gasteiger partial charge in [0.2, 0.25) is 5.91 Å². The molecule has 0 fully saturated rings. The summed E-state index contributed by atoms with van der Waals surface area (Å²) < 4.78 is 10.4.